The molecule has 2 atom stereocenters. The summed E-state index contributed by atoms with van der Waals surface area (Å²) >= 11 is 6.00. The Morgan fingerprint density at radius 3 is 2.85 bits per heavy atom. The molecular formula is C18H21ClN2O5. The van der Waals surface area contributed by atoms with Crippen LogP contribution in [0.15, 0.2) is 18.2 Å². The van der Waals surface area contributed by atoms with Gasteiger partial charge in [-0.15, -0.1) is 0 Å². The Bertz CT molecular complexity index is 753. The summed E-state index contributed by atoms with van der Waals surface area (Å²) in [4.78, 5) is 38.2. The average molecular weight is 381 g/mol. The van der Waals surface area contributed by atoms with Crippen molar-refractivity contribution in [3.63, 3.8) is 0 Å². The van der Waals surface area contributed by atoms with Gasteiger partial charge in [0, 0.05) is 37.1 Å². The number of amides is 2. The number of rotatable bonds is 4. The minimum absolute atomic E-state index is 0.138. The van der Waals surface area contributed by atoms with Gasteiger partial charge in [-0.1, -0.05) is 18.5 Å². The van der Waals surface area contributed by atoms with E-state index in [4.69, 9.17) is 16.3 Å². The number of hydrogen-bond acceptors (Lipinski definition) is 4. The summed E-state index contributed by atoms with van der Waals surface area (Å²) in [5, 5.41) is 12.8. The van der Waals surface area contributed by atoms with Crippen LogP contribution in [0.3, 0.4) is 0 Å². The van der Waals surface area contributed by atoms with Crippen LogP contribution in [0.5, 0.6) is 0 Å². The third kappa shape index (κ3) is 3.29. The van der Waals surface area contributed by atoms with Crippen LogP contribution in [0.2, 0.25) is 5.02 Å². The average Bonchev–Trinajstić information content (AvgIpc) is 3.02. The van der Waals surface area contributed by atoms with Crippen LogP contribution in [-0.2, 0) is 14.3 Å². The zero-order valence-electron chi connectivity index (χ0n) is 14.5. The number of likely N-dealkylation sites (tertiary alicyclic amines) is 1. The Labute approximate surface area is 156 Å². The van der Waals surface area contributed by atoms with E-state index in [1.807, 2.05) is 0 Å². The third-order valence-corrected chi connectivity index (χ3v) is 5.46. The van der Waals surface area contributed by atoms with Gasteiger partial charge in [0.05, 0.1) is 23.3 Å². The monoisotopic (exact) mass is 380 g/mol. The van der Waals surface area contributed by atoms with E-state index in [0.29, 0.717) is 42.5 Å². The topological polar surface area (TPSA) is 95.9 Å². The zero-order valence-corrected chi connectivity index (χ0v) is 15.2. The molecule has 0 aromatic heterocycles. The first-order valence-electron chi connectivity index (χ1n) is 8.57. The molecule has 26 heavy (non-hydrogen) atoms. The molecule has 7 nitrogen and oxygen atoms in total. The second kappa shape index (κ2) is 7.25. The summed E-state index contributed by atoms with van der Waals surface area (Å²) < 4.78 is 5.42. The predicted molar refractivity (Wildman–Crippen MR) is 95.3 cm³/mol. The fraction of sp³-hybridized carbons (Fsp3) is 0.500. The van der Waals surface area contributed by atoms with Gasteiger partial charge in [0.25, 0.3) is 5.91 Å². The molecule has 0 radical (unpaired) electrons. The molecular weight excluding hydrogens is 360 g/mol. The van der Waals surface area contributed by atoms with E-state index in [0.717, 1.165) is 0 Å². The number of hydrogen-bond donors (Lipinski definition) is 2. The molecule has 1 aromatic rings. The van der Waals surface area contributed by atoms with Crippen LogP contribution in [0.4, 0.5) is 5.69 Å². The van der Waals surface area contributed by atoms with Gasteiger partial charge in [-0.3, -0.25) is 14.4 Å². The molecule has 0 saturated carbocycles. The summed E-state index contributed by atoms with van der Waals surface area (Å²) in [5.41, 5.74) is -0.325. The molecule has 8 heteroatoms. The number of anilines is 1. The minimum atomic E-state index is -0.965. The maximum atomic E-state index is 13.1. The molecule has 2 aliphatic heterocycles. The first-order chi connectivity index (χ1) is 12.4. The van der Waals surface area contributed by atoms with Crippen LogP contribution in [0.1, 0.15) is 30.1 Å². The molecule has 2 amide bonds. The molecule has 3 rings (SSSR count). The maximum Gasteiger partial charge on any atom is 0.311 e. The van der Waals surface area contributed by atoms with Crippen molar-refractivity contribution in [1.82, 2.24) is 4.90 Å². The van der Waals surface area contributed by atoms with Crippen molar-refractivity contribution in [3.05, 3.63) is 28.8 Å². The van der Waals surface area contributed by atoms with Crippen molar-refractivity contribution in [1.29, 1.82) is 0 Å². The highest BCUT2D eigenvalue weighted by molar-refractivity contribution is 6.31. The largest absolute Gasteiger partial charge is 0.481 e. The SMILES string of the molecule is CCC(=O)Nc1cc(Cl)ccc1C(=O)N1C[C@@H]2COCC[C@]2(C(=O)O)C1. The summed E-state index contributed by atoms with van der Waals surface area (Å²) in [7, 11) is 0. The van der Waals surface area contributed by atoms with Crippen molar-refractivity contribution in [2.45, 2.75) is 19.8 Å². The Morgan fingerprint density at radius 2 is 2.19 bits per heavy atom. The fourth-order valence-corrected chi connectivity index (χ4v) is 3.84. The van der Waals surface area contributed by atoms with Crippen LogP contribution in [0, 0.1) is 11.3 Å². The van der Waals surface area contributed by atoms with Crippen LogP contribution in [0.25, 0.3) is 0 Å². The number of carbonyl (C=O) groups excluding carboxylic acids is 2. The second-order valence-corrected chi connectivity index (χ2v) is 7.20. The molecule has 1 aromatic carbocycles. The van der Waals surface area contributed by atoms with E-state index < -0.39 is 11.4 Å². The fourth-order valence-electron chi connectivity index (χ4n) is 3.67. The quantitative estimate of drug-likeness (QED) is 0.835. The van der Waals surface area contributed by atoms with Crippen molar-refractivity contribution in [2.24, 2.45) is 11.3 Å². The Morgan fingerprint density at radius 1 is 1.42 bits per heavy atom. The number of carboxylic acids is 1. The minimum Gasteiger partial charge on any atom is -0.481 e. The van der Waals surface area contributed by atoms with Crippen molar-refractivity contribution in [2.75, 3.05) is 31.6 Å². The van der Waals surface area contributed by atoms with Gasteiger partial charge in [-0.2, -0.15) is 0 Å². The third-order valence-electron chi connectivity index (χ3n) is 5.23. The molecule has 0 spiro atoms. The lowest BCUT2D eigenvalue weighted by Crippen LogP contribution is -2.45. The van der Waals surface area contributed by atoms with Gasteiger partial charge in [0.1, 0.15) is 0 Å². The van der Waals surface area contributed by atoms with Crippen LogP contribution >= 0.6 is 11.6 Å². The Kier molecular flexibility index (Phi) is 5.20. The standard InChI is InChI=1S/C18H21ClN2O5/c1-2-15(22)20-14-7-12(19)3-4-13(14)16(23)21-8-11-9-26-6-5-18(11,10-21)17(24)25/h3-4,7,11H,2,5-6,8-10H2,1H3,(H,20,22)(H,24,25)/t11-,18+/m1/s1. The van der Waals surface area contributed by atoms with Gasteiger partial charge in [-0.05, 0) is 24.6 Å². The molecule has 0 aliphatic carbocycles. The smallest absolute Gasteiger partial charge is 0.311 e. The van der Waals surface area contributed by atoms with Crippen molar-refractivity contribution in [3.8, 4) is 0 Å². The Hall–Kier alpha value is -2.12. The van der Waals surface area contributed by atoms with Crippen LogP contribution < -0.4 is 5.32 Å². The van der Waals surface area contributed by atoms with Gasteiger partial charge in [-0.25, -0.2) is 0 Å². The highest BCUT2D eigenvalue weighted by atomic mass is 35.5. The summed E-state index contributed by atoms with van der Waals surface area (Å²) in [6, 6.07) is 4.67. The summed E-state index contributed by atoms with van der Waals surface area (Å²) in [5.74, 6) is -1.68. The summed E-state index contributed by atoms with van der Waals surface area (Å²) in [6.45, 7) is 2.87. The zero-order chi connectivity index (χ0) is 18.9. The highest BCUT2D eigenvalue weighted by Gasteiger charge is 2.55. The van der Waals surface area contributed by atoms with Gasteiger partial charge in [0.15, 0.2) is 0 Å². The van der Waals surface area contributed by atoms with Crippen molar-refractivity contribution < 1.29 is 24.2 Å². The lowest BCUT2D eigenvalue weighted by atomic mass is 9.74. The van der Waals surface area contributed by atoms with E-state index in [2.05, 4.69) is 5.32 Å². The predicted octanol–water partition coefficient (Wildman–Crippen LogP) is 2.25. The summed E-state index contributed by atoms with van der Waals surface area (Å²) in [6.07, 6.45) is 0.655. The molecule has 0 bridgehead atoms. The highest BCUT2D eigenvalue weighted by Crippen LogP contribution is 2.43. The van der Waals surface area contributed by atoms with E-state index >= 15 is 0 Å². The van der Waals surface area contributed by atoms with E-state index in [-0.39, 0.29) is 30.7 Å². The number of carbonyl (C=O) groups is 3. The molecule has 2 fully saturated rings. The molecule has 140 valence electrons. The van der Waals surface area contributed by atoms with E-state index in [9.17, 15) is 19.5 Å². The molecule has 0 unspecified atom stereocenters. The number of benzene rings is 1. The van der Waals surface area contributed by atoms with Gasteiger partial charge < -0.3 is 20.1 Å². The first kappa shape index (κ1) is 18.7. The number of ether oxygens (including phenoxy) is 1. The number of nitrogens with one attached hydrogen (secondary N) is 1. The molecule has 2 saturated heterocycles. The molecule has 2 aliphatic rings. The number of halogens is 1. The molecule has 2 heterocycles. The van der Waals surface area contributed by atoms with Crippen LogP contribution in [-0.4, -0.2) is 54.1 Å². The van der Waals surface area contributed by atoms with Gasteiger partial charge >= 0.3 is 5.97 Å². The first-order valence-corrected chi connectivity index (χ1v) is 8.95. The normalized spacial score (nSPS) is 24.8. The lowest BCUT2D eigenvalue weighted by molar-refractivity contribution is -0.157. The number of nitrogens with zero attached hydrogens (tertiary/aromatic N) is 1. The van der Waals surface area contributed by atoms with Gasteiger partial charge in [0.2, 0.25) is 5.91 Å². The number of carboxylic acid groups (broad SMARTS) is 1. The van der Waals surface area contributed by atoms with Crippen molar-refractivity contribution >= 4 is 35.1 Å². The maximum absolute atomic E-state index is 13.1. The Balaban J connectivity index is 1.88. The number of aliphatic carboxylic acids is 1. The lowest BCUT2D eigenvalue weighted by Gasteiger charge is -2.33. The van der Waals surface area contributed by atoms with E-state index in [1.54, 1.807) is 19.1 Å². The molecule has 2 N–H and O–H groups in total. The second-order valence-electron chi connectivity index (χ2n) is 6.76. The van der Waals surface area contributed by atoms with E-state index in [1.165, 1.54) is 11.0 Å². The number of fused-ring (bicyclic) bond motifs is 1.